The molecule has 0 aromatic rings. The van der Waals surface area contributed by atoms with E-state index < -0.39 is 0 Å². The van der Waals surface area contributed by atoms with Crippen LogP contribution >= 0.6 is 11.8 Å². The highest BCUT2D eigenvalue weighted by Gasteiger charge is 2.12. The molecule has 0 unspecified atom stereocenters. The van der Waals surface area contributed by atoms with Crippen LogP contribution in [0.4, 0.5) is 0 Å². The summed E-state index contributed by atoms with van der Waals surface area (Å²) >= 11 is 1.73. The number of rotatable bonds is 6. The van der Waals surface area contributed by atoms with E-state index in [0.29, 0.717) is 16.6 Å². The lowest BCUT2D eigenvalue weighted by atomic mass is 9.92. The Morgan fingerprint density at radius 3 is 2.00 bits per heavy atom. The van der Waals surface area contributed by atoms with E-state index in [1.807, 2.05) is 0 Å². The smallest absolute Gasteiger partial charge is 0.229 e. The summed E-state index contributed by atoms with van der Waals surface area (Å²) < 4.78 is 0. The molecule has 0 spiro atoms. The second-order valence-corrected chi connectivity index (χ2v) is 8.13. The lowest BCUT2D eigenvalue weighted by Gasteiger charge is -2.18. The predicted octanol–water partition coefficient (Wildman–Crippen LogP) is 3.71. The predicted molar refractivity (Wildman–Crippen MR) is 78.5 cm³/mol. The van der Waals surface area contributed by atoms with Gasteiger partial charge in [0.1, 0.15) is 0 Å². The molecular weight excluding hydrogens is 230 g/mol. The van der Waals surface area contributed by atoms with E-state index in [9.17, 15) is 4.79 Å². The van der Waals surface area contributed by atoms with Crippen LogP contribution < -0.4 is 5.32 Å². The van der Waals surface area contributed by atoms with Crippen LogP contribution in [-0.2, 0) is 4.79 Å². The molecule has 3 heteroatoms. The topological polar surface area (TPSA) is 29.1 Å². The van der Waals surface area contributed by atoms with E-state index >= 15 is 0 Å². The van der Waals surface area contributed by atoms with E-state index in [4.69, 9.17) is 0 Å². The van der Waals surface area contributed by atoms with Gasteiger partial charge >= 0.3 is 0 Å². The van der Waals surface area contributed by atoms with E-state index in [2.05, 4.69) is 46.9 Å². The van der Waals surface area contributed by atoms with Gasteiger partial charge in [-0.3, -0.25) is 4.79 Å². The van der Waals surface area contributed by atoms with Gasteiger partial charge in [0, 0.05) is 6.54 Å². The van der Waals surface area contributed by atoms with Crippen molar-refractivity contribution in [1.82, 2.24) is 5.32 Å². The first kappa shape index (κ1) is 16.8. The number of amides is 1. The molecule has 0 atom stereocenters. The number of carbonyl (C=O) groups excluding carboxylic acids is 1. The third-order valence-corrected chi connectivity index (χ3v) is 3.39. The van der Waals surface area contributed by atoms with Crippen molar-refractivity contribution in [2.45, 2.75) is 54.4 Å². The van der Waals surface area contributed by atoms with Crippen molar-refractivity contribution >= 4 is 17.7 Å². The van der Waals surface area contributed by atoms with Crippen molar-refractivity contribution in [2.75, 3.05) is 18.1 Å². The van der Waals surface area contributed by atoms with Gasteiger partial charge in [0.2, 0.25) is 5.91 Å². The van der Waals surface area contributed by atoms with Crippen LogP contribution in [0.15, 0.2) is 0 Å². The van der Waals surface area contributed by atoms with Crippen molar-refractivity contribution in [3.05, 3.63) is 0 Å². The third-order valence-electron chi connectivity index (χ3n) is 2.43. The van der Waals surface area contributed by atoms with E-state index in [0.717, 1.165) is 25.1 Å². The Labute approximate surface area is 111 Å². The molecule has 0 saturated heterocycles. The summed E-state index contributed by atoms with van der Waals surface area (Å²) in [5.41, 5.74) is 0.669. The molecule has 0 aromatic carbocycles. The molecule has 0 radical (unpaired) electrons. The maximum Gasteiger partial charge on any atom is 0.229 e. The molecule has 0 bridgehead atoms. The summed E-state index contributed by atoms with van der Waals surface area (Å²) in [6, 6.07) is 0. The van der Waals surface area contributed by atoms with Crippen molar-refractivity contribution in [3.63, 3.8) is 0 Å². The van der Waals surface area contributed by atoms with Crippen LogP contribution in [-0.4, -0.2) is 24.0 Å². The van der Waals surface area contributed by atoms with E-state index in [1.54, 1.807) is 11.8 Å². The van der Waals surface area contributed by atoms with Gasteiger partial charge in [0.05, 0.1) is 5.75 Å². The first-order valence-electron chi connectivity index (χ1n) is 6.45. The summed E-state index contributed by atoms with van der Waals surface area (Å²) in [7, 11) is 0. The minimum Gasteiger partial charge on any atom is -0.355 e. The Bertz CT molecular complexity index is 225. The van der Waals surface area contributed by atoms with Crippen LogP contribution in [0.25, 0.3) is 0 Å². The minimum atomic E-state index is 0.174. The Hall–Kier alpha value is -0.180. The van der Waals surface area contributed by atoms with Crippen LogP contribution in [0.1, 0.15) is 54.4 Å². The van der Waals surface area contributed by atoms with Gasteiger partial charge < -0.3 is 5.32 Å². The molecule has 0 rings (SSSR count). The highest BCUT2D eigenvalue weighted by atomic mass is 32.2. The van der Waals surface area contributed by atoms with Crippen molar-refractivity contribution < 1.29 is 4.79 Å². The molecule has 0 heterocycles. The largest absolute Gasteiger partial charge is 0.355 e. The van der Waals surface area contributed by atoms with E-state index in [-0.39, 0.29) is 5.91 Å². The van der Waals surface area contributed by atoms with Gasteiger partial charge in [0.15, 0.2) is 0 Å². The third kappa shape index (κ3) is 13.8. The van der Waals surface area contributed by atoms with Gasteiger partial charge in [-0.1, -0.05) is 41.5 Å². The van der Waals surface area contributed by atoms with Crippen LogP contribution in [0.3, 0.4) is 0 Å². The molecule has 17 heavy (non-hydrogen) atoms. The zero-order valence-electron chi connectivity index (χ0n) is 12.4. The molecule has 0 aliphatic carbocycles. The highest BCUT2D eigenvalue weighted by molar-refractivity contribution is 7.99. The second-order valence-electron chi connectivity index (χ2n) is 7.02. The number of thioether (sulfide) groups is 1. The molecule has 0 aliphatic heterocycles. The first-order chi connectivity index (χ1) is 7.60. The molecule has 0 aromatic heterocycles. The average molecular weight is 259 g/mol. The Kier molecular flexibility index (Phi) is 7.22. The molecule has 0 fully saturated rings. The molecule has 0 saturated carbocycles. The fourth-order valence-corrected chi connectivity index (χ4v) is 2.36. The molecule has 1 amide bonds. The summed E-state index contributed by atoms with van der Waals surface area (Å²) in [4.78, 5) is 11.5. The van der Waals surface area contributed by atoms with Crippen LogP contribution in [0, 0.1) is 10.8 Å². The Balaban J connectivity index is 3.48. The van der Waals surface area contributed by atoms with Crippen LogP contribution in [0.5, 0.6) is 0 Å². The van der Waals surface area contributed by atoms with Gasteiger partial charge in [-0.2, -0.15) is 11.8 Å². The summed E-state index contributed by atoms with van der Waals surface area (Å²) in [5.74, 6) is 1.84. The normalized spacial score (nSPS) is 12.6. The number of nitrogens with one attached hydrogen (secondary N) is 1. The van der Waals surface area contributed by atoms with Gasteiger partial charge in [-0.15, -0.1) is 0 Å². The first-order valence-corrected chi connectivity index (χ1v) is 7.60. The van der Waals surface area contributed by atoms with Gasteiger partial charge in [0.25, 0.3) is 0 Å². The number of carbonyl (C=O) groups is 1. The molecule has 102 valence electrons. The summed E-state index contributed by atoms with van der Waals surface area (Å²) in [6.07, 6.45) is 2.19. The van der Waals surface area contributed by atoms with Crippen molar-refractivity contribution in [3.8, 4) is 0 Å². The van der Waals surface area contributed by atoms with Crippen molar-refractivity contribution in [2.24, 2.45) is 10.8 Å². The Morgan fingerprint density at radius 1 is 1.00 bits per heavy atom. The molecule has 1 N–H and O–H groups in total. The maximum absolute atomic E-state index is 11.5. The summed E-state index contributed by atoms with van der Waals surface area (Å²) in [5, 5.41) is 2.98. The Morgan fingerprint density at radius 2 is 1.53 bits per heavy atom. The van der Waals surface area contributed by atoms with E-state index in [1.165, 1.54) is 0 Å². The lowest BCUT2D eigenvalue weighted by Crippen LogP contribution is -2.28. The van der Waals surface area contributed by atoms with Gasteiger partial charge in [-0.05, 0) is 29.4 Å². The standard InChI is InChI=1S/C14H29NOS/c1-13(2,3)7-9-15-12(16)11-17-10-8-14(4,5)6/h7-11H2,1-6H3,(H,15,16). The monoisotopic (exact) mass is 259 g/mol. The van der Waals surface area contributed by atoms with Gasteiger partial charge in [-0.25, -0.2) is 0 Å². The second kappa shape index (κ2) is 7.30. The number of hydrogen-bond acceptors (Lipinski definition) is 2. The fourth-order valence-electron chi connectivity index (χ4n) is 1.17. The lowest BCUT2D eigenvalue weighted by molar-refractivity contribution is -0.118. The summed E-state index contributed by atoms with van der Waals surface area (Å²) in [6.45, 7) is 14.1. The molecule has 2 nitrogen and oxygen atoms in total. The zero-order chi connectivity index (χ0) is 13.5. The van der Waals surface area contributed by atoms with Crippen LogP contribution in [0.2, 0.25) is 0 Å². The fraction of sp³-hybridized carbons (Fsp3) is 0.929. The minimum absolute atomic E-state index is 0.174. The average Bonchev–Trinajstić information content (AvgIpc) is 2.09. The van der Waals surface area contributed by atoms with Crippen molar-refractivity contribution in [1.29, 1.82) is 0 Å². The highest BCUT2D eigenvalue weighted by Crippen LogP contribution is 2.21. The maximum atomic E-state index is 11.5. The quantitative estimate of drug-likeness (QED) is 0.737. The number of hydrogen-bond donors (Lipinski definition) is 1. The zero-order valence-corrected chi connectivity index (χ0v) is 13.2. The SMILES string of the molecule is CC(C)(C)CCNC(=O)CSCCC(C)(C)C. The molecule has 0 aliphatic rings. The molecular formula is C14H29NOS.